The van der Waals surface area contributed by atoms with Crippen molar-refractivity contribution in [2.24, 2.45) is 0 Å². The van der Waals surface area contributed by atoms with Gasteiger partial charge in [0.15, 0.2) is 0 Å². The van der Waals surface area contributed by atoms with Crippen molar-refractivity contribution in [3.63, 3.8) is 0 Å². The Morgan fingerprint density at radius 3 is 2.14 bits per heavy atom. The normalized spacial score (nSPS) is 11.2. The number of carboxylic acid groups (broad SMARTS) is 1. The number of carboxylic acids is 1. The lowest BCUT2D eigenvalue weighted by Gasteiger charge is -1.98. The lowest BCUT2D eigenvalue weighted by molar-refractivity contribution is -0.136. The number of rotatable bonds is 6. The van der Waals surface area contributed by atoms with Gasteiger partial charge in [-0.15, -0.1) is 0 Å². The third kappa shape index (κ3) is 9.04. The van der Waals surface area contributed by atoms with Crippen LogP contribution in [0.4, 0.5) is 0 Å². The van der Waals surface area contributed by atoms with Crippen molar-refractivity contribution in [1.29, 1.82) is 0 Å². The Bertz CT molecular complexity index is 233. The van der Waals surface area contributed by atoms with Crippen LogP contribution in [0, 0.1) is 0 Å². The fourth-order valence-electron chi connectivity index (χ4n) is 1.13. The van der Waals surface area contributed by atoms with Crippen LogP contribution in [0.3, 0.4) is 0 Å². The summed E-state index contributed by atoms with van der Waals surface area (Å²) < 4.78 is 0. The number of hydrogen-bond acceptors (Lipinski definition) is 1. The summed E-state index contributed by atoms with van der Waals surface area (Å²) in [6.45, 7) is 6.23. The van der Waals surface area contributed by atoms with Gasteiger partial charge in [0.1, 0.15) is 0 Å². The molecule has 0 fully saturated rings. The van der Waals surface area contributed by atoms with Crippen LogP contribution < -0.4 is 0 Å². The van der Waals surface area contributed by atoms with Gasteiger partial charge < -0.3 is 5.11 Å². The number of aliphatic carboxylic acids is 1. The SMILES string of the molecule is CC(C)=CCC/C(C)=C/CCC(=O)O. The summed E-state index contributed by atoms with van der Waals surface area (Å²) in [6.07, 6.45) is 7.19. The molecule has 0 rings (SSSR count). The molecule has 0 radical (unpaired) electrons. The maximum Gasteiger partial charge on any atom is 0.303 e. The van der Waals surface area contributed by atoms with E-state index >= 15 is 0 Å². The van der Waals surface area contributed by atoms with Crippen molar-refractivity contribution in [3.05, 3.63) is 23.3 Å². The molecule has 2 nitrogen and oxygen atoms in total. The Morgan fingerprint density at radius 1 is 1.07 bits per heavy atom. The van der Waals surface area contributed by atoms with E-state index < -0.39 is 5.97 Å². The van der Waals surface area contributed by atoms with Gasteiger partial charge in [0.2, 0.25) is 0 Å². The molecule has 0 aromatic heterocycles. The fraction of sp³-hybridized carbons (Fsp3) is 0.583. The molecule has 0 aliphatic rings. The Kier molecular flexibility index (Phi) is 6.81. The summed E-state index contributed by atoms with van der Waals surface area (Å²) in [6, 6.07) is 0. The smallest absolute Gasteiger partial charge is 0.303 e. The molecule has 0 heterocycles. The average Bonchev–Trinajstić information content (AvgIpc) is 2.02. The van der Waals surface area contributed by atoms with Crippen LogP contribution in [0.15, 0.2) is 23.3 Å². The van der Waals surface area contributed by atoms with E-state index in [1.807, 2.05) is 6.08 Å². The summed E-state index contributed by atoms with van der Waals surface area (Å²) in [5.74, 6) is -0.724. The second-order valence-electron chi connectivity index (χ2n) is 3.80. The molecule has 0 saturated carbocycles. The molecule has 0 amide bonds. The van der Waals surface area contributed by atoms with E-state index in [1.54, 1.807) is 0 Å². The zero-order valence-electron chi connectivity index (χ0n) is 9.34. The summed E-state index contributed by atoms with van der Waals surface area (Å²) in [7, 11) is 0. The lowest BCUT2D eigenvalue weighted by atomic mass is 10.1. The van der Waals surface area contributed by atoms with Gasteiger partial charge in [-0.25, -0.2) is 0 Å². The summed E-state index contributed by atoms with van der Waals surface area (Å²) in [4.78, 5) is 10.2. The Morgan fingerprint density at radius 2 is 1.64 bits per heavy atom. The van der Waals surface area contributed by atoms with E-state index in [1.165, 1.54) is 11.1 Å². The van der Waals surface area contributed by atoms with Crippen molar-refractivity contribution >= 4 is 5.97 Å². The Balaban J connectivity index is 3.67. The fourth-order valence-corrected chi connectivity index (χ4v) is 1.13. The molecule has 0 aromatic carbocycles. The molecule has 0 aliphatic heterocycles. The maximum absolute atomic E-state index is 10.2. The van der Waals surface area contributed by atoms with Crippen LogP contribution in [0.1, 0.15) is 46.5 Å². The first-order valence-electron chi connectivity index (χ1n) is 5.03. The summed E-state index contributed by atoms with van der Waals surface area (Å²) >= 11 is 0. The van der Waals surface area contributed by atoms with Crippen molar-refractivity contribution in [3.8, 4) is 0 Å². The molecule has 0 unspecified atom stereocenters. The molecule has 1 N–H and O–H groups in total. The first kappa shape index (κ1) is 12.9. The second kappa shape index (κ2) is 7.36. The van der Waals surface area contributed by atoms with Gasteiger partial charge in [0.05, 0.1) is 0 Å². The second-order valence-corrected chi connectivity index (χ2v) is 3.80. The molecule has 0 aliphatic carbocycles. The molecular weight excluding hydrogens is 176 g/mol. The van der Waals surface area contributed by atoms with Crippen LogP contribution in [-0.2, 0) is 4.79 Å². The zero-order valence-corrected chi connectivity index (χ0v) is 9.34. The highest BCUT2D eigenvalue weighted by Crippen LogP contribution is 2.08. The van der Waals surface area contributed by atoms with E-state index in [4.69, 9.17) is 5.11 Å². The van der Waals surface area contributed by atoms with Crippen LogP contribution in [0.5, 0.6) is 0 Å². The molecule has 0 atom stereocenters. The minimum atomic E-state index is -0.724. The van der Waals surface area contributed by atoms with Crippen molar-refractivity contribution < 1.29 is 9.90 Å². The van der Waals surface area contributed by atoms with Gasteiger partial charge in [-0.3, -0.25) is 4.79 Å². The van der Waals surface area contributed by atoms with Gasteiger partial charge in [-0.1, -0.05) is 23.3 Å². The third-order valence-electron chi connectivity index (χ3n) is 1.94. The molecular formula is C12H20O2. The van der Waals surface area contributed by atoms with Crippen LogP contribution >= 0.6 is 0 Å². The zero-order chi connectivity index (χ0) is 11.0. The highest BCUT2D eigenvalue weighted by atomic mass is 16.4. The van der Waals surface area contributed by atoms with Crippen LogP contribution in [0.25, 0.3) is 0 Å². The number of allylic oxidation sites excluding steroid dienone is 4. The Hall–Kier alpha value is -1.05. The quantitative estimate of drug-likeness (QED) is 0.660. The molecule has 0 aromatic rings. The van der Waals surface area contributed by atoms with E-state index in [0.717, 1.165) is 12.8 Å². The minimum Gasteiger partial charge on any atom is -0.481 e. The maximum atomic E-state index is 10.2. The van der Waals surface area contributed by atoms with Gasteiger partial charge in [-0.05, 0) is 40.0 Å². The molecule has 0 bridgehead atoms. The average molecular weight is 196 g/mol. The molecule has 0 saturated heterocycles. The topological polar surface area (TPSA) is 37.3 Å². The van der Waals surface area contributed by atoms with E-state index in [2.05, 4.69) is 26.8 Å². The monoisotopic (exact) mass is 196 g/mol. The number of hydrogen-bond donors (Lipinski definition) is 1. The summed E-state index contributed by atoms with van der Waals surface area (Å²) in [5, 5.41) is 8.44. The van der Waals surface area contributed by atoms with Crippen LogP contribution in [0.2, 0.25) is 0 Å². The lowest BCUT2D eigenvalue weighted by Crippen LogP contribution is -1.92. The van der Waals surface area contributed by atoms with E-state index in [9.17, 15) is 4.79 Å². The van der Waals surface area contributed by atoms with E-state index in [0.29, 0.717) is 6.42 Å². The largest absolute Gasteiger partial charge is 0.481 e. The van der Waals surface area contributed by atoms with Crippen molar-refractivity contribution in [2.45, 2.75) is 46.5 Å². The first-order valence-corrected chi connectivity index (χ1v) is 5.03. The third-order valence-corrected chi connectivity index (χ3v) is 1.94. The molecule has 80 valence electrons. The van der Waals surface area contributed by atoms with Gasteiger partial charge in [0.25, 0.3) is 0 Å². The van der Waals surface area contributed by atoms with Crippen LogP contribution in [-0.4, -0.2) is 11.1 Å². The molecule has 14 heavy (non-hydrogen) atoms. The highest BCUT2D eigenvalue weighted by molar-refractivity contribution is 5.66. The van der Waals surface area contributed by atoms with Crippen molar-refractivity contribution in [1.82, 2.24) is 0 Å². The number of carbonyl (C=O) groups is 1. The first-order chi connectivity index (χ1) is 6.52. The molecule has 2 heteroatoms. The Labute approximate surface area is 86.3 Å². The predicted octanol–water partition coefficient (Wildman–Crippen LogP) is 3.54. The van der Waals surface area contributed by atoms with Crippen molar-refractivity contribution in [2.75, 3.05) is 0 Å². The predicted molar refractivity (Wildman–Crippen MR) is 59.3 cm³/mol. The van der Waals surface area contributed by atoms with Gasteiger partial charge in [-0.2, -0.15) is 0 Å². The van der Waals surface area contributed by atoms with E-state index in [-0.39, 0.29) is 6.42 Å². The molecule has 0 spiro atoms. The van der Waals surface area contributed by atoms with Gasteiger partial charge in [0, 0.05) is 6.42 Å². The van der Waals surface area contributed by atoms with Gasteiger partial charge >= 0.3 is 5.97 Å². The summed E-state index contributed by atoms with van der Waals surface area (Å²) in [5.41, 5.74) is 2.62. The standard InChI is InChI=1S/C12H20O2/c1-10(2)6-4-7-11(3)8-5-9-12(13)14/h6,8H,4-5,7,9H2,1-3H3,(H,13,14)/b11-8+. The minimum absolute atomic E-state index is 0.236. The highest BCUT2D eigenvalue weighted by Gasteiger charge is 1.94.